The molecule has 0 radical (unpaired) electrons. The van der Waals surface area contributed by atoms with Gasteiger partial charge in [-0.05, 0) is 26.8 Å². The molecule has 1 aromatic heterocycles. The lowest BCUT2D eigenvalue weighted by molar-refractivity contribution is -0.127. The van der Waals surface area contributed by atoms with Gasteiger partial charge in [-0.1, -0.05) is 18.2 Å². The van der Waals surface area contributed by atoms with E-state index in [1.54, 1.807) is 39.7 Å². The van der Waals surface area contributed by atoms with Gasteiger partial charge in [0.15, 0.2) is 0 Å². The van der Waals surface area contributed by atoms with Gasteiger partial charge in [-0.15, -0.1) is 0 Å². The number of aromatic nitrogens is 2. The Labute approximate surface area is 142 Å². The number of benzene rings is 1. The number of hydrogen-bond acceptors (Lipinski definition) is 4. The van der Waals surface area contributed by atoms with E-state index in [9.17, 15) is 9.59 Å². The van der Waals surface area contributed by atoms with Gasteiger partial charge in [0, 0.05) is 25.4 Å². The standard InChI is InChI=1S/C18H23N3O3/c1-11-16(13(3)21(5)19-11)17(22)18(23)20(4)12(2)14-9-7-8-10-15(14)24-6/h7-10,12H,1-6H3. The Morgan fingerprint density at radius 2 is 1.88 bits per heavy atom. The molecule has 6 heteroatoms. The molecule has 2 rings (SSSR count). The van der Waals surface area contributed by atoms with Gasteiger partial charge in [-0.25, -0.2) is 0 Å². The van der Waals surface area contributed by atoms with Crippen LogP contribution in [0, 0.1) is 13.8 Å². The van der Waals surface area contributed by atoms with E-state index in [1.165, 1.54) is 4.90 Å². The Morgan fingerprint density at radius 1 is 1.25 bits per heavy atom. The van der Waals surface area contributed by atoms with Crippen LogP contribution in [0.25, 0.3) is 0 Å². The SMILES string of the molecule is COc1ccccc1C(C)N(C)C(=O)C(=O)c1c(C)nn(C)c1C. The fraction of sp³-hybridized carbons (Fsp3) is 0.389. The fourth-order valence-electron chi connectivity index (χ4n) is 2.77. The van der Waals surface area contributed by atoms with Crippen molar-refractivity contribution >= 4 is 11.7 Å². The van der Waals surface area contributed by atoms with E-state index in [1.807, 2.05) is 31.2 Å². The average molecular weight is 329 g/mol. The number of ether oxygens (including phenoxy) is 1. The van der Waals surface area contributed by atoms with Crippen molar-refractivity contribution in [1.82, 2.24) is 14.7 Å². The van der Waals surface area contributed by atoms with Gasteiger partial charge in [0.25, 0.3) is 11.7 Å². The summed E-state index contributed by atoms with van der Waals surface area (Å²) in [6.45, 7) is 5.38. The predicted molar refractivity (Wildman–Crippen MR) is 91.2 cm³/mol. The van der Waals surface area contributed by atoms with Gasteiger partial charge < -0.3 is 9.64 Å². The molecule has 0 spiro atoms. The minimum Gasteiger partial charge on any atom is -0.496 e. The summed E-state index contributed by atoms with van der Waals surface area (Å²) in [6, 6.07) is 7.17. The molecule has 0 fully saturated rings. The van der Waals surface area contributed by atoms with Crippen LogP contribution in [0.15, 0.2) is 24.3 Å². The highest BCUT2D eigenvalue weighted by Crippen LogP contribution is 2.28. The first kappa shape index (κ1) is 17.7. The van der Waals surface area contributed by atoms with E-state index in [4.69, 9.17) is 4.74 Å². The van der Waals surface area contributed by atoms with Crippen molar-refractivity contribution in [2.45, 2.75) is 26.8 Å². The summed E-state index contributed by atoms with van der Waals surface area (Å²) >= 11 is 0. The van der Waals surface area contributed by atoms with Crippen molar-refractivity contribution in [3.8, 4) is 5.75 Å². The molecule has 0 N–H and O–H groups in total. The molecule has 1 aromatic carbocycles. The summed E-state index contributed by atoms with van der Waals surface area (Å²) in [6.07, 6.45) is 0. The molecule has 6 nitrogen and oxygen atoms in total. The van der Waals surface area contributed by atoms with Crippen LogP contribution in [0.3, 0.4) is 0 Å². The molecule has 0 bridgehead atoms. The molecule has 0 aliphatic carbocycles. The van der Waals surface area contributed by atoms with Crippen LogP contribution in [-0.4, -0.2) is 40.5 Å². The maximum atomic E-state index is 12.7. The molecule has 1 atom stereocenters. The van der Waals surface area contributed by atoms with Crippen LogP contribution < -0.4 is 4.74 Å². The highest BCUT2D eigenvalue weighted by molar-refractivity contribution is 6.43. The number of nitrogens with zero attached hydrogens (tertiary/aromatic N) is 3. The molecular weight excluding hydrogens is 306 g/mol. The lowest BCUT2D eigenvalue weighted by Gasteiger charge is -2.26. The molecule has 0 aliphatic heterocycles. The lowest BCUT2D eigenvalue weighted by atomic mass is 10.0. The van der Waals surface area contributed by atoms with Crippen molar-refractivity contribution in [1.29, 1.82) is 0 Å². The number of ketones is 1. The van der Waals surface area contributed by atoms with E-state index in [2.05, 4.69) is 5.10 Å². The molecular formula is C18H23N3O3. The van der Waals surface area contributed by atoms with Gasteiger partial charge in [0.2, 0.25) is 0 Å². The third kappa shape index (κ3) is 3.04. The number of rotatable bonds is 5. The minimum absolute atomic E-state index is 0.296. The van der Waals surface area contributed by atoms with E-state index in [0.29, 0.717) is 22.7 Å². The molecule has 1 unspecified atom stereocenters. The second-order valence-corrected chi connectivity index (χ2v) is 5.83. The van der Waals surface area contributed by atoms with Gasteiger partial charge in [-0.2, -0.15) is 5.10 Å². The third-order valence-corrected chi connectivity index (χ3v) is 4.42. The number of hydrogen-bond donors (Lipinski definition) is 0. The first-order chi connectivity index (χ1) is 11.3. The summed E-state index contributed by atoms with van der Waals surface area (Å²) in [7, 11) is 4.96. The van der Waals surface area contributed by atoms with Gasteiger partial charge >= 0.3 is 0 Å². The number of amides is 1. The van der Waals surface area contributed by atoms with Crippen molar-refractivity contribution < 1.29 is 14.3 Å². The zero-order chi connectivity index (χ0) is 18.0. The molecule has 0 saturated heterocycles. The van der Waals surface area contributed by atoms with Crippen LogP contribution in [0.1, 0.15) is 40.3 Å². The van der Waals surface area contributed by atoms with Crippen molar-refractivity contribution in [2.24, 2.45) is 7.05 Å². The second kappa shape index (κ2) is 6.86. The Hall–Kier alpha value is -2.63. The number of carbonyl (C=O) groups excluding carboxylic acids is 2. The number of methoxy groups -OCH3 is 1. The summed E-state index contributed by atoms with van der Waals surface area (Å²) in [5.41, 5.74) is 2.47. The summed E-state index contributed by atoms with van der Waals surface area (Å²) < 4.78 is 6.96. The number of Topliss-reactive ketones (excluding diaryl/α,β-unsaturated/α-hetero) is 1. The van der Waals surface area contributed by atoms with Gasteiger partial charge in [0.1, 0.15) is 5.75 Å². The Kier molecular flexibility index (Phi) is 5.07. The zero-order valence-corrected chi connectivity index (χ0v) is 15.0. The Morgan fingerprint density at radius 3 is 2.42 bits per heavy atom. The van der Waals surface area contributed by atoms with Crippen molar-refractivity contribution in [2.75, 3.05) is 14.2 Å². The first-order valence-electron chi connectivity index (χ1n) is 7.74. The summed E-state index contributed by atoms with van der Waals surface area (Å²) in [4.78, 5) is 26.8. The molecule has 128 valence electrons. The number of carbonyl (C=O) groups is 2. The Bertz CT molecular complexity index is 780. The number of aryl methyl sites for hydroxylation is 2. The topological polar surface area (TPSA) is 64.4 Å². The van der Waals surface area contributed by atoms with Crippen molar-refractivity contribution in [3.05, 3.63) is 46.8 Å². The van der Waals surface area contributed by atoms with Crippen LogP contribution >= 0.6 is 0 Å². The smallest absolute Gasteiger partial charge is 0.295 e. The number of para-hydroxylation sites is 1. The highest BCUT2D eigenvalue weighted by atomic mass is 16.5. The molecule has 0 saturated carbocycles. The third-order valence-electron chi connectivity index (χ3n) is 4.42. The molecule has 2 aromatic rings. The van der Waals surface area contributed by atoms with E-state index < -0.39 is 11.7 Å². The quantitative estimate of drug-likeness (QED) is 0.624. The van der Waals surface area contributed by atoms with Crippen LogP contribution in [0.4, 0.5) is 0 Å². The van der Waals surface area contributed by atoms with Gasteiger partial charge in [-0.3, -0.25) is 14.3 Å². The molecule has 1 heterocycles. The van der Waals surface area contributed by atoms with Crippen LogP contribution in [0.5, 0.6) is 5.75 Å². The maximum Gasteiger partial charge on any atom is 0.295 e. The fourth-order valence-corrected chi connectivity index (χ4v) is 2.77. The Balaban J connectivity index is 2.30. The van der Waals surface area contributed by atoms with E-state index in [0.717, 1.165) is 5.56 Å². The summed E-state index contributed by atoms with van der Waals surface area (Å²) in [5, 5.41) is 4.21. The maximum absolute atomic E-state index is 12.7. The lowest BCUT2D eigenvalue weighted by Crippen LogP contribution is -2.36. The van der Waals surface area contributed by atoms with E-state index >= 15 is 0 Å². The molecule has 0 aliphatic rings. The van der Waals surface area contributed by atoms with E-state index in [-0.39, 0.29) is 6.04 Å². The van der Waals surface area contributed by atoms with Crippen LogP contribution in [0.2, 0.25) is 0 Å². The number of likely N-dealkylation sites (N-methyl/N-ethyl adjacent to an activating group) is 1. The highest BCUT2D eigenvalue weighted by Gasteiger charge is 2.29. The predicted octanol–water partition coefficient (Wildman–Crippen LogP) is 2.45. The van der Waals surface area contributed by atoms with Gasteiger partial charge in [0.05, 0.1) is 24.4 Å². The minimum atomic E-state index is -0.562. The molecule has 24 heavy (non-hydrogen) atoms. The monoisotopic (exact) mass is 329 g/mol. The molecule has 1 amide bonds. The first-order valence-corrected chi connectivity index (χ1v) is 7.74. The van der Waals surface area contributed by atoms with Crippen molar-refractivity contribution in [3.63, 3.8) is 0 Å². The second-order valence-electron chi connectivity index (χ2n) is 5.83. The zero-order valence-electron chi connectivity index (χ0n) is 15.0. The summed E-state index contributed by atoms with van der Waals surface area (Å²) in [5.74, 6) is -0.416. The van der Waals surface area contributed by atoms with Crippen LogP contribution in [-0.2, 0) is 11.8 Å². The largest absolute Gasteiger partial charge is 0.496 e. The normalized spacial score (nSPS) is 11.9. The average Bonchev–Trinajstić information content (AvgIpc) is 2.84.